The average Bonchev–Trinajstić information content (AvgIpc) is 2.56. The summed E-state index contributed by atoms with van der Waals surface area (Å²) in [5.74, 6) is 0.753. The van der Waals surface area contributed by atoms with Crippen molar-refractivity contribution in [3.05, 3.63) is 59.1 Å². The van der Waals surface area contributed by atoms with Gasteiger partial charge in [-0.2, -0.15) is 0 Å². The van der Waals surface area contributed by atoms with Crippen LogP contribution < -0.4 is 15.4 Å². The third kappa shape index (κ3) is 5.93. The lowest BCUT2D eigenvalue weighted by Crippen LogP contribution is -2.15. The third-order valence-electron chi connectivity index (χ3n) is 3.32. The highest BCUT2D eigenvalue weighted by molar-refractivity contribution is 6.31. The molecule has 4 nitrogen and oxygen atoms in total. The summed E-state index contributed by atoms with van der Waals surface area (Å²) >= 11 is 6.09. The van der Waals surface area contributed by atoms with Gasteiger partial charge < -0.3 is 15.4 Å². The van der Waals surface area contributed by atoms with Crippen LogP contribution in [0.3, 0.4) is 0 Å². The van der Waals surface area contributed by atoms with E-state index in [-0.39, 0.29) is 5.91 Å². The van der Waals surface area contributed by atoms with Gasteiger partial charge in [0, 0.05) is 22.7 Å². The van der Waals surface area contributed by atoms with E-state index in [9.17, 15) is 4.79 Å². The van der Waals surface area contributed by atoms with E-state index in [1.807, 2.05) is 55.6 Å². The van der Waals surface area contributed by atoms with E-state index in [1.54, 1.807) is 0 Å². The van der Waals surface area contributed by atoms with Gasteiger partial charge >= 0.3 is 0 Å². The summed E-state index contributed by atoms with van der Waals surface area (Å²) in [5.41, 5.74) is 1.71. The monoisotopic (exact) mass is 332 g/mol. The van der Waals surface area contributed by atoms with Crippen molar-refractivity contribution in [2.75, 3.05) is 18.9 Å². The molecular formula is C18H21ClN2O2. The maximum Gasteiger partial charge on any atom is 0.224 e. The lowest BCUT2D eigenvalue weighted by Gasteiger charge is -2.09. The molecule has 0 bridgehead atoms. The lowest BCUT2D eigenvalue weighted by molar-refractivity contribution is -0.116. The molecule has 5 heteroatoms. The minimum atomic E-state index is 0.0185. The number of benzene rings is 2. The highest BCUT2D eigenvalue weighted by Gasteiger charge is 2.03. The molecule has 0 saturated carbocycles. The van der Waals surface area contributed by atoms with Crippen LogP contribution in [0.25, 0.3) is 0 Å². The number of halogens is 1. The van der Waals surface area contributed by atoms with Gasteiger partial charge in [0.05, 0.1) is 0 Å². The summed E-state index contributed by atoms with van der Waals surface area (Å²) in [4.78, 5) is 11.7. The number of hydrogen-bond acceptors (Lipinski definition) is 3. The molecule has 0 heterocycles. The minimum absolute atomic E-state index is 0.0185. The van der Waals surface area contributed by atoms with Gasteiger partial charge in [-0.15, -0.1) is 0 Å². The van der Waals surface area contributed by atoms with Crippen molar-refractivity contribution in [1.82, 2.24) is 5.32 Å². The number of hydrogen-bond donors (Lipinski definition) is 2. The zero-order valence-corrected chi connectivity index (χ0v) is 13.9. The zero-order chi connectivity index (χ0) is 16.5. The molecule has 23 heavy (non-hydrogen) atoms. The topological polar surface area (TPSA) is 50.4 Å². The number of ether oxygens (including phenoxy) is 1. The average molecular weight is 333 g/mol. The third-order valence-corrected chi connectivity index (χ3v) is 3.69. The van der Waals surface area contributed by atoms with Crippen molar-refractivity contribution < 1.29 is 9.53 Å². The Hall–Kier alpha value is -2.04. The number of anilines is 1. The predicted molar refractivity (Wildman–Crippen MR) is 94.0 cm³/mol. The Balaban J connectivity index is 1.82. The van der Waals surface area contributed by atoms with E-state index in [0.29, 0.717) is 18.1 Å². The highest BCUT2D eigenvalue weighted by Crippen LogP contribution is 2.20. The Morgan fingerprint density at radius 1 is 1.13 bits per heavy atom. The van der Waals surface area contributed by atoms with Crippen LogP contribution in [-0.2, 0) is 11.4 Å². The molecule has 0 atom stereocenters. The van der Waals surface area contributed by atoms with E-state index in [4.69, 9.17) is 16.3 Å². The minimum Gasteiger partial charge on any atom is -0.489 e. The Morgan fingerprint density at radius 2 is 1.87 bits per heavy atom. The summed E-state index contributed by atoms with van der Waals surface area (Å²) < 4.78 is 5.71. The van der Waals surface area contributed by atoms with Crippen LogP contribution in [0.15, 0.2) is 48.5 Å². The second-order valence-corrected chi connectivity index (χ2v) is 5.57. The quantitative estimate of drug-likeness (QED) is 0.722. The van der Waals surface area contributed by atoms with Crippen LogP contribution in [-0.4, -0.2) is 19.5 Å². The molecule has 0 aliphatic heterocycles. The van der Waals surface area contributed by atoms with E-state index < -0.39 is 0 Å². The largest absolute Gasteiger partial charge is 0.489 e. The Morgan fingerprint density at radius 3 is 2.57 bits per heavy atom. The van der Waals surface area contributed by atoms with Crippen molar-refractivity contribution in [2.24, 2.45) is 0 Å². The van der Waals surface area contributed by atoms with Crippen LogP contribution in [0.1, 0.15) is 18.4 Å². The van der Waals surface area contributed by atoms with Crippen molar-refractivity contribution in [3.8, 4) is 5.75 Å². The van der Waals surface area contributed by atoms with Crippen molar-refractivity contribution >= 4 is 23.2 Å². The van der Waals surface area contributed by atoms with Crippen LogP contribution in [0.5, 0.6) is 5.75 Å². The van der Waals surface area contributed by atoms with Gasteiger partial charge in [0.15, 0.2) is 0 Å². The molecule has 0 aliphatic carbocycles. The lowest BCUT2D eigenvalue weighted by atomic mass is 10.2. The summed E-state index contributed by atoms with van der Waals surface area (Å²) in [6.07, 6.45) is 1.33. The van der Waals surface area contributed by atoms with E-state index in [0.717, 1.165) is 30.0 Å². The Bertz CT molecular complexity index is 629. The molecule has 1 amide bonds. The normalized spacial score (nSPS) is 10.3. The summed E-state index contributed by atoms with van der Waals surface area (Å²) in [5, 5.41) is 6.58. The maximum atomic E-state index is 11.7. The smallest absolute Gasteiger partial charge is 0.224 e. The molecule has 2 aromatic rings. The first-order valence-corrected chi connectivity index (χ1v) is 7.97. The first-order chi connectivity index (χ1) is 11.2. The van der Waals surface area contributed by atoms with Gasteiger partial charge in [-0.1, -0.05) is 29.8 Å². The van der Waals surface area contributed by atoms with Crippen molar-refractivity contribution in [2.45, 2.75) is 19.4 Å². The fourth-order valence-corrected chi connectivity index (χ4v) is 2.25. The number of amides is 1. The molecule has 0 saturated heterocycles. The summed E-state index contributed by atoms with van der Waals surface area (Å²) in [6, 6.07) is 14.9. The first kappa shape index (κ1) is 17.3. The fraction of sp³-hybridized carbons (Fsp3) is 0.278. The van der Waals surface area contributed by atoms with Gasteiger partial charge in [-0.3, -0.25) is 4.79 Å². The van der Waals surface area contributed by atoms with Gasteiger partial charge in [0.25, 0.3) is 0 Å². The second kappa shape index (κ2) is 9.18. The van der Waals surface area contributed by atoms with Gasteiger partial charge in [0.1, 0.15) is 12.4 Å². The second-order valence-electron chi connectivity index (χ2n) is 5.16. The molecule has 2 rings (SSSR count). The molecule has 0 unspecified atom stereocenters. The predicted octanol–water partition coefficient (Wildman–Crippen LogP) is 3.86. The molecule has 0 aromatic heterocycles. The van der Waals surface area contributed by atoms with Gasteiger partial charge in [-0.25, -0.2) is 0 Å². The Kier molecular flexibility index (Phi) is 6.91. The molecule has 2 N–H and O–H groups in total. The van der Waals surface area contributed by atoms with E-state index >= 15 is 0 Å². The molecule has 122 valence electrons. The SMILES string of the molecule is CNCCCC(=O)Nc1ccc(OCc2ccccc2Cl)cc1. The van der Waals surface area contributed by atoms with Gasteiger partial charge in [0.2, 0.25) is 5.91 Å². The number of carbonyl (C=O) groups excluding carboxylic acids is 1. The number of carbonyl (C=O) groups is 1. The zero-order valence-electron chi connectivity index (χ0n) is 13.1. The van der Waals surface area contributed by atoms with Crippen LogP contribution in [0.4, 0.5) is 5.69 Å². The van der Waals surface area contributed by atoms with Crippen molar-refractivity contribution in [1.29, 1.82) is 0 Å². The van der Waals surface area contributed by atoms with Crippen LogP contribution in [0, 0.1) is 0 Å². The fourth-order valence-electron chi connectivity index (χ4n) is 2.06. The van der Waals surface area contributed by atoms with Crippen LogP contribution >= 0.6 is 11.6 Å². The molecular weight excluding hydrogens is 312 g/mol. The number of nitrogens with one attached hydrogen (secondary N) is 2. The number of rotatable bonds is 8. The standard InChI is InChI=1S/C18H21ClN2O2/c1-20-12-4-7-18(22)21-15-8-10-16(11-9-15)23-13-14-5-2-3-6-17(14)19/h2-3,5-6,8-11,20H,4,7,12-13H2,1H3,(H,21,22). The summed E-state index contributed by atoms with van der Waals surface area (Å²) in [6.45, 7) is 1.25. The van der Waals surface area contributed by atoms with Crippen LogP contribution in [0.2, 0.25) is 5.02 Å². The molecule has 0 fully saturated rings. The van der Waals surface area contributed by atoms with Gasteiger partial charge in [-0.05, 0) is 50.3 Å². The van der Waals surface area contributed by atoms with E-state index in [2.05, 4.69) is 10.6 Å². The van der Waals surface area contributed by atoms with E-state index in [1.165, 1.54) is 0 Å². The Labute approximate surface area is 141 Å². The highest BCUT2D eigenvalue weighted by atomic mass is 35.5. The summed E-state index contributed by atoms with van der Waals surface area (Å²) in [7, 11) is 1.87. The molecule has 0 spiro atoms. The molecule has 0 aliphatic rings. The molecule has 0 radical (unpaired) electrons. The first-order valence-electron chi connectivity index (χ1n) is 7.60. The molecule has 2 aromatic carbocycles. The maximum absolute atomic E-state index is 11.7. The van der Waals surface area contributed by atoms with Crippen molar-refractivity contribution in [3.63, 3.8) is 0 Å².